The van der Waals surface area contributed by atoms with Gasteiger partial charge in [0.15, 0.2) is 0 Å². The third-order valence-corrected chi connectivity index (χ3v) is 4.14. The standard InChI is InChI=1S/C13H15N3S/c1-2-12(17-7-1)4-6-16-5-3-11-8-14-10-15-13(11)9-16/h1-2,7-8,10H,3-6,9H2. The monoisotopic (exact) mass is 245 g/mol. The Morgan fingerprint density at radius 2 is 2.41 bits per heavy atom. The van der Waals surface area contributed by atoms with Crippen LogP contribution in [0.1, 0.15) is 16.1 Å². The molecule has 2 aromatic rings. The zero-order valence-corrected chi connectivity index (χ0v) is 10.5. The molecule has 1 aliphatic rings. The molecule has 0 atom stereocenters. The maximum Gasteiger partial charge on any atom is 0.115 e. The molecular weight excluding hydrogens is 230 g/mol. The summed E-state index contributed by atoms with van der Waals surface area (Å²) in [7, 11) is 0. The second-order valence-electron chi connectivity index (χ2n) is 4.35. The van der Waals surface area contributed by atoms with E-state index in [2.05, 4.69) is 32.4 Å². The van der Waals surface area contributed by atoms with E-state index in [1.165, 1.54) is 16.1 Å². The molecular formula is C13H15N3S. The van der Waals surface area contributed by atoms with Crippen molar-refractivity contribution in [1.82, 2.24) is 14.9 Å². The molecule has 0 saturated heterocycles. The molecule has 88 valence electrons. The molecule has 3 heterocycles. The van der Waals surface area contributed by atoms with Gasteiger partial charge in [0.1, 0.15) is 6.33 Å². The smallest absolute Gasteiger partial charge is 0.115 e. The van der Waals surface area contributed by atoms with Crippen LogP contribution in [0, 0.1) is 0 Å². The molecule has 3 rings (SSSR count). The summed E-state index contributed by atoms with van der Waals surface area (Å²) in [5, 5.41) is 2.15. The van der Waals surface area contributed by atoms with E-state index >= 15 is 0 Å². The Hall–Kier alpha value is -1.26. The lowest BCUT2D eigenvalue weighted by Crippen LogP contribution is -2.32. The number of rotatable bonds is 3. The van der Waals surface area contributed by atoms with Gasteiger partial charge in [0.05, 0.1) is 5.69 Å². The van der Waals surface area contributed by atoms with Crippen LogP contribution in [0.5, 0.6) is 0 Å². The molecule has 0 fully saturated rings. The SMILES string of the molecule is c1csc(CCN2CCc3cncnc3C2)c1. The quantitative estimate of drug-likeness (QED) is 0.829. The Morgan fingerprint density at radius 1 is 1.41 bits per heavy atom. The maximum absolute atomic E-state index is 4.36. The Balaban J connectivity index is 1.61. The van der Waals surface area contributed by atoms with Gasteiger partial charge in [-0.25, -0.2) is 9.97 Å². The number of aromatic nitrogens is 2. The second-order valence-corrected chi connectivity index (χ2v) is 5.38. The first kappa shape index (κ1) is 10.9. The Labute approximate surface area is 105 Å². The predicted octanol–water partition coefficient (Wildman–Crippen LogP) is 2.14. The summed E-state index contributed by atoms with van der Waals surface area (Å²) in [5.41, 5.74) is 2.53. The first-order valence-electron chi connectivity index (χ1n) is 5.94. The summed E-state index contributed by atoms with van der Waals surface area (Å²) in [4.78, 5) is 12.4. The summed E-state index contributed by atoms with van der Waals surface area (Å²) in [6.07, 6.45) is 5.85. The molecule has 0 bridgehead atoms. The summed E-state index contributed by atoms with van der Waals surface area (Å²) in [6.45, 7) is 3.24. The minimum absolute atomic E-state index is 0.975. The van der Waals surface area contributed by atoms with Crippen LogP contribution in [0.15, 0.2) is 30.0 Å². The van der Waals surface area contributed by atoms with Crippen molar-refractivity contribution in [3.8, 4) is 0 Å². The lowest BCUT2D eigenvalue weighted by atomic mass is 10.1. The van der Waals surface area contributed by atoms with Gasteiger partial charge in [-0.15, -0.1) is 11.3 Å². The fourth-order valence-electron chi connectivity index (χ4n) is 2.22. The normalized spacial score (nSPS) is 15.8. The highest BCUT2D eigenvalue weighted by Crippen LogP contribution is 2.16. The third-order valence-electron chi connectivity index (χ3n) is 3.21. The number of hydrogen-bond acceptors (Lipinski definition) is 4. The van der Waals surface area contributed by atoms with Crippen LogP contribution >= 0.6 is 11.3 Å². The van der Waals surface area contributed by atoms with Crippen molar-refractivity contribution < 1.29 is 0 Å². The van der Waals surface area contributed by atoms with Gasteiger partial charge in [0.2, 0.25) is 0 Å². The van der Waals surface area contributed by atoms with Crippen molar-refractivity contribution in [2.45, 2.75) is 19.4 Å². The Morgan fingerprint density at radius 3 is 3.29 bits per heavy atom. The van der Waals surface area contributed by atoms with E-state index in [0.717, 1.165) is 32.5 Å². The third kappa shape index (κ3) is 2.53. The topological polar surface area (TPSA) is 29.0 Å². The fourth-order valence-corrected chi connectivity index (χ4v) is 2.92. The van der Waals surface area contributed by atoms with Crippen LogP contribution in [0.4, 0.5) is 0 Å². The largest absolute Gasteiger partial charge is 0.297 e. The van der Waals surface area contributed by atoms with E-state index in [0.29, 0.717) is 0 Å². The number of fused-ring (bicyclic) bond motifs is 1. The fraction of sp³-hybridized carbons (Fsp3) is 0.385. The Kier molecular flexibility index (Phi) is 3.16. The first-order chi connectivity index (χ1) is 8.42. The van der Waals surface area contributed by atoms with E-state index in [1.807, 2.05) is 17.5 Å². The van der Waals surface area contributed by atoms with Crippen molar-refractivity contribution in [3.05, 3.63) is 46.2 Å². The van der Waals surface area contributed by atoms with Gasteiger partial charge in [-0.05, 0) is 29.9 Å². The molecule has 0 aromatic carbocycles. The van der Waals surface area contributed by atoms with E-state index in [9.17, 15) is 0 Å². The number of thiophene rings is 1. The summed E-state index contributed by atoms with van der Waals surface area (Å²) in [6, 6.07) is 4.34. The average Bonchev–Trinajstić information content (AvgIpc) is 2.89. The first-order valence-corrected chi connectivity index (χ1v) is 6.82. The van der Waals surface area contributed by atoms with Crippen LogP contribution < -0.4 is 0 Å². The number of hydrogen-bond donors (Lipinski definition) is 0. The lowest BCUT2D eigenvalue weighted by Gasteiger charge is -2.27. The van der Waals surface area contributed by atoms with Gasteiger partial charge in [-0.2, -0.15) is 0 Å². The van der Waals surface area contributed by atoms with Crippen LogP contribution in [0.25, 0.3) is 0 Å². The van der Waals surface area contributed by atoms with Gasteiger partial charge >= 0.3 is 0 Å². The second kappa shape index (κ2) is 4.94. The molecule has 0 spiro atoms. The molecule has 0 aliphatic carbocycles. The van der Waals surface area contributed by atoms with Gasteiger partial charge < -0.3 is 0 Å². The van der Waals surface area contributed by atoms with Gasteiger partial charge in [0.25, 0.3) is 0 Å². The van der Waals surface area contributed by atoms with Gasteiger partial charge in [0, 0.05) is 30.7 Å². The molecule has 0 unspecified atom stereocenters. The van der Waals surface area contributed by atoms with Crippen LogP contribution in [-0.4, -0.2) is 28.0 Å². The molecule has 0 radical (unpaired) electrons. The van der Waals surface area contributed by atoms with Crippen LogP contribution in [0.2, 0.25) is 0 Å². The van der Waals surface area contributed by atoms with Gasteiger partial charge in [-0.3, -0.25) is 4.90 Å². The van der Waals surface area contributed by atoms with Crippen molar-refractivity contribution in [2.75, 3.05) is 13.1 Å². The molecule has 0 amide bonds. The molecule has 2 aromatic heterocycles. The zero-order valence-electron chi connectivity index (χ0n) is 9.67. The molecule has 0 saturated carbocycles. The molecule has 4 heteroatoms. The summed E-state index contributed by atoms with van der Waals surface area (Å²) >= 11 is 1.84. The Bertz CT molecular complexity index is 481. The molecule has 17 heavy (non-hydrogen) atoms. The highest BCUT2D eigenvalue weighted by Gasteiger charge is 2.16. The number of nitrogens with zero attached hydrogens (tertiary/aromatic N) is 3. The van der Waals surface area contributed by atoms with E-state index in [-0.39, 0.29) is 0 Å². The van der Waals surface area contributed by atoms with Gasteiger partial charge in [-0.1, -0.05) is 6.07 Å². The van der Waals surface area contributed by atoms with Crippen molar-refractivity contribution in [3.63, 3.8) is 0 Å². The summed E-state index contributed by atoms with van der Waals surface area (Å²) in [5.74, 6) is 0. The maximum atomic E-state index is 4.36. The highest BCUT2D eigenvalue weighted by atomic mass is 32.1. The zero-order chi connectivity index (χ0) is 11.5. The van der Waals surface area contributed by atoms with Crippen LogP contribution in [0.3, 0.4) is 0 Å². The van der Waals surface area contributed by atoms with E-state index in [1.54, 1.807) is 6.33 Å². The predicted molar refractivity (Wildman–Crippen MR) is 69.0 cm³/mol. The average molecular weight is 245 g/mol. The highest BCUT2D eigenvalue weighted by molar-refractivity contribution is 7.09. The minimum Gasteiger partial charge on any atom is -0.297 e. The van der Waals surface area contributed by atoms with Crippen LogP contribution in [-0.2, 0) is 19.4 Å². The molecule has 3 nitrogen and oxygen atoms in total. The molecule has 0 N–H and O–H groups in total. The lowest BCUT2D eigenvalue weighted by molar-refractivity contribution is 0.253. The van der Waals surface area contributed by atoms with Crippen molar-refractivity contribution in [2.24, 2.45) is 0 Å². The van der Waals surface area contributed by atoms with Crippen molar-refractivity contribution >= 4 is 11.3 Å². The molecule has 1 aliphatic heterocycles. The van der Waals surface area contributed by atoms with E-state index < -0.39 is 0 Å². The van der Waals surface area contributed by atoms with E-state index in [4.69, 9.17) is 0 Å². The summed E-state index contributed by atoms with van der Waals surface area (Å²) < 4.78 is 0. The van der Waals surface area contributed by atoms with Crippen molar-refractivity contribution in [1.29, 1.82) is 0 Å². The minimum atomic E-state index is 0.975.